The topological polar surface area (TPSA) is 33.7 Å². The fraction of sp³-hybridized carbons (Fsp3) is 0.625. The van der Waals surface area contributed by atoms with Crippen LogP contribution in [0.4, 0.5) is 0 Å². The van der Waals surface area contributed by atoms with Crippen molar-refractivity contribution in [2.24, 2.45) is 0 Å². The summed E-state index contributed by atoms with van der Waals surface area (Å²) in [6, 6.07) is 7.20. The molecule has 0 aliphatic carbocycles. The smallest absolute Gasteiger partial charge is 0.161 e. The highest BCUT2D eigenvalue weighted by molar-refractivity contribution is 7.99. The van der Waals surface area contributed by atoms with Crippen LogP contribution in [0.3, 0.4) is 0 Å². The van der Waals surface area contributed by atoms with Gasteiger partial charge in [0.1, 0.15) is 0 Å². The molecule has 21 heavy (non-hydrogen) atoms. The van der Waals surface area contributed by atoms with E-state index in [1.54, 1.807) is 0 Å². The molecule has 2 aliphatic rings. The number of ether oxygens (including phenoxy) is 2. The number of hydrogen-bond acceptors (Lipinski definition) is 5. The van der Waals surface area contributed by atoms with Crippen molar-refractivity contribution in [3.63, 3.8) is 0 Å². The van der Waals surface area contributed by atoms with Crippen molar-refractivity contribution in [1.82, 2.24) is 10.2 Å². The first-order valence-corrected chi connectivity index (χ1v) is 8.80. The van der Waals surface area contributed by atoms with Gasteiger partial charge in [0, 0.05) is 36.6 Å². The zero-order chi connectivity index (χ0) is 14.7. The van der Waals surface area contributed by atoms with Gasteiger partial charge >= 0.3 is 0 Å². The van der Waals surface area contributed by atoms with Crippen molar-refractivity contribution < 1.29 is 9.47 Å². The first-order valence-electron chi connectivity index (χ1n) is 7.64. The molecule has 2 heterocycles. The average Bonchev–Trinajstić information content (AvgIpc) is 2.75. The Kier molecular flexibility index (Phi) is 4.93. The lowest BCUT2D eigenvalue weighted by Crippen LogP contribution is -2.47. The number of fused-ring (bicyclic) bond motifs is 1. The molecule has 0 amide bonds. The minimum atomic E-state index is 0.319. The Morgan fingerprint density at radius 3 is 2.86 bits per heavy atom. The molecule has 0 spiro atoms. The Morgan fingerprint density at radius 1 is 1.29 bits per heavy atom. The van der Waals surface area contributed by atoms with Crippen LogP contribution in [0.15, 0.2) is 18.2 Å². The number of thioether (sulfide) groups is 1. The predicted molar refractivity (Wildman–Crippen MR) is 87.6 cm³/mol. The van der Waals surface area contributed by atoms with Crippen LogP contribution in [0, 0.1) is 0 Å². The summed E-state index contributed by atoms with van der Waals surface area (Å²) in [6.45, 7) is 2.63. The molecule has 4 nitrogen and oxygen atoms in total. The van der Waals surface area contributed by atoms with E-state index in [4.69, 9.17) is 9.47 Å². The van der Waals surface area contributed by atoms with Crippen molar-refractivity contribution in [3.05, 3.63) is 23.8 Å². The van der Waals surface area contributed by atoms with Crippen LogP contribution in [0.5, 0.6) is 11.5 Å². The van der Waals surface area contributed by atoms with Gasteiger partial charge in [-0.25, -0.2) is 0 Å². The third-order valence-corrected chi connectivity index (χ3v) is 5.32. The Balaban J connectivity index is 1.85. The summed E-state index contributed by atoms with van der Waals surface area (Å²) in [5.41, 5.74) is 1.28. The summed E-state index contributed by atoms with van der Waals surface area (Å²) in [7, 11) is 4.26. The van der Waals surface area contributed by atoms with Gasteiger partial charge in [-0.05, 0) is 31.8 Å². The molecule has 116 valence electrons. The quantitative estimate of drug-likeness (QED) is 0.925. The van der Waals surface area contributed by atoms with E-state index >= 15 is 0 Å². The van der Waals surface area contributed by atoms with Crippen LogP contribution in [-0.2, 0) is 0 Å². The highest BCUT2D eigenvalue weighted by Crippen LogP contribution is 2.34. The maximum Gasteiger partial charge on any atom is 0.161 e. The number of hydrogen-bond donors (Lipinski definition) is 1. The lowest BCUT2D eigenvalue weighted by molar-refractivity contribution is 0.221. The van der Waals surface area contributed by atoms with Gasteiger partial charge in [0.25, 0.3) is 0 Å². The van der Waals surface area contributed by atoms with Gasteiger partial charge in [0.2, 0.25) is 0 Å². The number of likely N-dealkylation sites (N-methyl/N-ethyl adjacent to an activating group) is 2. The van der Waals surface area contributed by atoms with E-state index in [0.717, 1.165) is 43.4 Å². The fourth-order valence-electron chi connectivity index (χ4n) is 3.01. The van der Waals surface area contributed by atoms with Crippen LogP contribution in [0.2, 0.25) is 0 Å². The van der Waals surface area contributed by atoms with Crippen molar-refractivity contribution in [2.75, 3.05) is 45.4 Å². The second-order valence-corrected chi connectivity index (χ2v) is 6.80. The van der Waals surface area contributed by atoms with E-state index in [2.05, 4.69) is 35.5 Å². The number of nitrogens with zero attached hydrogens (tertiary/aromatic N) is 1. The normalized spacial score (nSPS) is 24.4. The molecular formula is C16H24N2O2S. The van der Waals surface area contributed by atoms with Crippen LogP contribution in [0.25, 0.3) is 0 Å². The minimum absolute atomic E-state index is 0.319. The summed E-state index contributed by atoms with van der Waals surface area (Å²) < 4.78 is 11.5. The van der Waals surface area contributed by atoms with Gasteiger partial charge in [0.05, 0.1) is 13.2 Å². The van der Waals surface area contributed by atoms with Crippen LogP contribution >= 0.6 is 11.8 Å². The Labute approximate surface area is 131 Å². The molecule has 1 N–H and O–H groups in total. The van der Waals surface area contributed by atoms with Gasteiger partial charge in [-0.1, -0.05) is 6.07 Å². The van der Waals surface area contributed by atoms with Gasteiger partial charge < -0.3 is 14.8 Å². The molecular weight excluding hydrogens is 284 g/mol. The molecule has 5 heteroatoms. The summed E-state index contributed by atoms with van der Waals surface area (Å²) in [4.78, 5) is 2.46. The lowest BCUT2D eigenvalue weighted by Gasteiger charge is -2.38. The molecule has 1 saturated heterocycles. The Hall–Kier alpha value is -0.910. The summed E-state index contributed by atoms with van der Waals surface area (Å²) in [5, 5.41) is 3.49. The maximum absolute atomic E-state index is 5.83. The SMILES string of the molecule is CNC(c1ccc2c(c1)OCCCO2)C1CSCCN1C. The molecule has 0 saturated carbocycles. The number of rotatable bonds is 3. The standard InChI is InChI=1S/C16H24N2O2S/c1-17-16(13-11-21-9-6-18(13)2)12-4-5-14-15(10-12)20-8-3-7-19-14/h4-5,10,13,16-17H,3,6-9,11H2,1-2H3. The number of nitrogens with one attached hydrogen (secondary N) is 1. The highest BCUT2D eigenvalue weighted by atomic mass is 32.2. The van der Waals surface area contributed by atoms with Crippen molar-refractivity contribution in [2.45, 2.75) is 18.5 Å². The first-order chi connectivity index (χ1) is 10.3. The highest BCUT2D eigenvalue weighted by Gasteiger charge is 2.29. The summed E-state index contributed by atoms with van der Waals surface area (Å²) in [6.07, 6.45) is 0.946. The molecule has 2 atom stereocenters. The van der Waals surface area contributed by atoms with E-state index < -0.39 is 0 Å². The van der Waals surface area contributed by atoms with Gasteiger partial charge in [-0.15, -0.1) is 0 Å². The van der Waals surface area contributed by atoms with Crippen molar-refractivity contribution in [3.8, 4) is 11.5 Å². The first kappa shape index (κ1) is 15.0. The minimum Gasteiger partial charge on any atom is -0.490 e. The van der Waals surface area contributed by atoms with Crippen molar-refractivity contribution in [1.29, 1.82) is 0 Å². The zero-order valence-electron chi connectivity index (χ0n) is 12.8. The van der Waals surface area contributed by atoms with E-state index in [-0.39, 0.29) is 0 Å². The zero-order valence-corrected chi connectivity index (χ0v) is 13.6. The molecule has 0 radical (unpaired) electrons. The van der Waals surface area contributed by atoms with Crippen LogP contribution in [-0.4, -0.2) is 56.3 Å². The number of benzene rings is 1. The molecule has 1 fully saturated rings. The second kappa shape index (κ2) is 6.90. The van der Waals surface area contributed by atoms with E-state index in [1.165, 1.54) is 11.3 Å². The van der Waals surface area contributed by atoms with Crippen LogP contribution in [0.1, 0.15) is 18.0 Å². The summed E-state index contributed by atoms with van der Waals surface area (Å²) in [5.74, 6) is 4.15. The van der Waals surface area contributed by atoms with Crippen LogP contribution < -0.4 is 14.8 Å². The molecule has 1 aromatic rings. The third kappa shape index (κ3) is 3.30. The fourth-order valence-corrected chi connectivity index (χ4v) is 4.28. The summed E-state index contributed by atoms with van der Waals surface area (Å²) >= 11 is 2.04. The predicted octanol–water partition coefficient (Wildman–Crippen LogP) is 2.16. The Bertz CT molecular complexity index is 483. The van der Waals surface area contributed by atoms with E-state index in [1.807, 2.05) is 18.8 Å². The average molecular weight is 308 g/mol. The molecule has 2 unspecified atom stereocenters. The van der Waals surface area contributed by atoms with E-state index in [9.17, 15) is 0 Å². The van der Waals surface area contributed by atoms with Crippen molar-refractivity contribution >= 4 is 11.8 Å². The largest absolute Gasteiger partial charge is 0.490 e. The van der Waals surface area contributed by atoms with Gasteiger partial charge in [-0.2, -0.15) is 11.8 Å². The molecule has 2 aliphatic heterocycles. The molecule has 0 bridgehead atoms. The monoisotopic (exact) mass is 308 g/mol. The molecule has 1 aromatic carbocycles. The van der Waals surface area contributed by atoms with Gasteiger partial charge in [-0.3, -0.25) is 4.90 Å². The molecule has 0 aromatic heterocycles. The third-order valence-electron chi connectivity index (χ3n) is 4.27. The van der Waals surface area contributed by atoms with E-state index in [0.29, 0.717) is 12.1 Å². The van der Waals surface area contributed by atoms with Gasteiger partial charge in [0.15, 0.2) is 11.5 Å². The Morgan fingerprint density at radius 2 is 2.10 bits per heavy atom. The lowest BCUT2D eigenvalue weighted by atomic mass is 9.98. The molecule has 3 rings (SSSR count). The maximum atomic E-state index is 5.83. The second-order valence-electron chi connectivity index (χ2n) is 5.65.